The van der Waals surface area contributed by atoms with Gasteiger partial charge in [-0.25, -0.2) is 8.42 Å². The van der Waals surface area contributed by atoms with Crippen LogP contribution in [0.25, 0.3) is 0 Å². The highest BCUT2D eigenvalue weighted by atomic mass is 32.2. The first-order valence-electron chi connectivity index (χ1n) is 11.0. The lowest BCUT2D eigenvalue weighted by Gasteiger charge is -2.15. The van der Waals surface area contributed by atoms with Gasteiger partial charge >= 0.3 is 0 Å². The zero-order valence-electron chi connectivity index (χ0n) is 19.3. The third-order valence-electron chi connectivity index (χ3n) is 5.18. The van der Waals surface area contributed by atoms with Crippen molar-refractivity contribution in [2.75, 3.05) is 30.4 Å². The molecule has 0 aliphatic carbocycles. The van der Waals surface area contributed by atoms with E-state index >= 15 is 0 Å². The number of hydrogen-bond donors (Lipinski definition) is 2. The summed E-state index contributed by atoms with van der Waals surface area (Å²) >= 11 is 0. The fourth-order valence-electron chi connectivity index (χ4n) is 3.30. The molecule has 1 amide bonds. The Kier molecular flexibility index (Phi) is 7.31. The normalized spacial score (nSPS) is 13.8. The SMILES string of the molecule is COc1ccc(OC(C)C(=O)Nc2ccc(NS(=O)(=O)c3ccc4c(c3)OCCCO4)cc2)cc1. The lowest BCUT2D eigenvalue weighted by atomic mass is 10.2. The van der Waals surface area contributed by atoms with E-state index in [1.165, 1.54) is 12.1 Å². The Morgan fingerprint density at radius 1 is 0.886 bits per heavy atom. The molecule has 1 aliphatic rings. The van der Waals surface area contributed by atoms with E-state index in [0.717, 1.165) is 6.42 Å². The zero-order chi connectivity index (χ0) is 24.8. The summed E-state index contributed by atoms with van der Waals surface area (Å²) in [7, 11) is -2.28. The van der Waals surface area contributed by atoms with Gasteiger partial charge in [-0.05, 0) is 67.6 Å². The summed E-state index contributed by atoms with van der Waals surface area (Å²) in [6, 6.07) is 17.7. The van der Waals surface area contributed by atoms with Gasteiger partial charge in [0.25, 0.3) is 15.9 Å². The van der Waals surface area contributed by atoms with E-state index in [0.29, 0.717) is 47.6 Å². The molecule has 0 saturated carbocycles. The minimum atomic E-state index is -3.85. The maximum atomic E-state index is 12.8. The molecule has 0 radical (unpaired) electrons. The molecule has 35 heavy (non-hydrogen) atoms. The summed E-state index contributed by atoms with van der Waals surface area (Å²) in [5.41, 5.74) is 0.844. The number of anilines is 2. The second-order valence-electron chi connectivity index (χ2n) is 7.77. The largest absolute Gasteiger partial charge is 0.497 e. The average Bonchev–Trinajstić information content (AvgIpc) is 3.10. The minimum Gasteiger partial charge on any atom is -0.497 e. The van der Waals surface area contributed by atoms with E-state index < -0.39 is 16.1 Å². The molecule has 1 atom stereocenters. The van der Waals surface area contributed by atoms with Crippen molar-refractivity contribution in [3.8, 4) is 23.0 Å². The van der Waals surface area contributed by atoms with Crippen molar-refractivity contribution in [3.63, 3.8) is 0 Å². The summed E-state index contributed by atoms with van der Waals surface area (Å²) in [5.74, 6) is 1.80. The van der Waals surface area contributed by atoms with Crippen LogP contribution in [0.1, 0.15) is 13.3 Å². The molecule has 0 saturated heterocycles. The fraction of sp³-hybridized carbons (Fsp3) is 0.240. The fourth-order valence-corrected chi connectivity index (χ4v) is 4.38. The monoisotopic (exact) mass is 498 g/mol. The second kappa shape index (κ2) is 10.6. The standard InChI is InChI=1S/C25H26N2O7S/c1-17(34-21-10-8-20(31-2)9-11-21)25(28)26-18-4-6-19(7-5-18)27-35(29,30)22-12-13-23-24(16-22)33-15-3-14-32-23/h4-13,16-17,27H,3,14-15H2,1-2H3,(H,26,28). The molecule has 1 aliphatic heterocycles. The minimum absolute atomic E-state index is 0.0589. The summed E-state index contributed by atoms with van der Waals surface area (Å²) in [6.45, 7) is 2.62. The molecule has 4 rings (SSSR count). The van der Waals surface area contributed by atoms with Crippen molar-refractivity contribution in [1.29, 1.82) is 0 Å². The first kappa shape index (κ1) is 24.2. The van der Waals surface area contributed by atoms with Crippen molar-refractivity contribution >= 4 is 27.3 Å². The number of hydrogen-bond acceptors (Lipinski definition) is 7. The van der Waals surface area contributed by atoms with E-state index in [4.69, 9.17) is 18.9 Å². The highest BCUT2D eigenvalue weighted by Crippen LogP contribution is 2.32. The quantitative estimate of drug-likeness (QED) is 0.482. The van der Waals surface area contributed by atoms with Gasteiger partial charge in [0, 0.05) is 23.9 Å². The topological polar surface area (TPSA) is 112 Å². The van der Waals surface area contributed by atoms with Crippen LogP contribution in [-0.2, 0) is 14.8 Å². The molecular weight excluding hydrogens is 472 g/mol. The smallest absolute Gasteiger partial charge is 0.265 e. The summed E-state index contributed by atoms with van der Waals surface area (Å²) < 4.78 is 50.1. The summed E-state index contributed by atoms with van der Waals surface area (Å²) in [6.07, 6.45) is -0.0226. The molecule has 0 fully saturated rings. The Bertz CT molecular complexity index is 1280. The maximum absolute atomic E-state index is 12.8. The van der Waals surface area contributed by atoms with Gasteiger partial charge in [0.15, 0.2) is 17.6 Å². The van der Waals surface area contributed by atoms with Crippen LogP contribution in [-0.4, -0.2) is 40.8 Å². The van der Waals surface area contributed by atoms with E-state index in [1.54, 1.807) is 68.6 Å². The predicted molar refractivity (Wildman–Crippen MR) is 131 cm³/mol. The first-order chi connectivity index (χ1) is 16.8. The van der Waals surface area contributed by atoms with E-state index in [-0.39, 0.29) is 10.8 Å². The van der Waals surface area contributed by atoms with Crippen LogP contribution in [0.3, 0.4) is 0 Å². The van der Waals surface area contributed by atoms with Gasteiger partial charge in [-0.2, -0.15) is 0 Å². The highest BCUT2D eigenvalue weighted by molar-refractivity contribution is 7.92. The Labute approximate surface area is 204 Å². The van der Waals surface area contributed by atoms with Crippen LogP contribution in [0.5, 0.6) is 23.0 Å². The number of benzene rings is 3. The number of sulfonamides is 1. The summed E-state index contributed by atoms with van der Waals surface area (Å²) in [5, 5.41) is 2.75. The van der Waals surface area contributed by atoms with Gasteiger partial charge in [0.2, 0.25) is 0 Å². The number of ether oxygens (including phenoxy) is 4. The van der Waals surface area contributed by atoms with E-state index in [1.807, 2.05) is 0 Å². The lowest BCUT2D eigenvalue weighted by Crippen LogP contribution is -2.30. The zero-order valence-corrected chi connectivity index (χ0v) is 20.1. The van der Waals surface area contributed by atoms with Crippen LogP contribution in [0.4, 0.5) is 11.4 Å². The molecule has 3 aromatic rings. The van der Waals surface area contributed by atoms with Crippen molar-refractivity contribution in [1.82, 2.24) is 0 Å². The van der Waals surface area contributed by atoms with Crippen LogP contribution >= 0.6 is 0 Å². The Balaban J connectivity index is 1.36. The first-order valence-corrected chi connectivity index (χ1v) is 12.5. The molecule has 10 heteroatoms. The van der Waals surface area contributed by atoms with Crippen molar-refractivity contribution < 1.29 is 32.2 Å². The van der Waals surface area contributed by atoms with Crippen LogP contribution in [0, 0.1) is 0 Å². The molecule has 1 unspecified atom stereocenters. The third kappa shape index (κ3) is 6.15. The van der Waals surface area contributed by atoms with E-state index in [2.05, 4.69) is 10.0 Å². The molecule has 2 N–H and O–H groups in total. The lowest BCUT2D eigenvalue weighted by molar-refractivity contribution is -0.122. The summed E-state index contributed by atoms with van der Waals surface area (Å²) in [4.78, 5) is 12.5. The number of fused-ring (bicyclic) bond motifs is 1. The Morgan fingerprint density at radius 3 is 2.20 bits per heavy atom. The molecule has 9 nitrogen and oxygen atoms in total. The molecule has 184 valence electrons. The van der Waals surface area contributed by atoms with Crippen molar-refractivity contribution in [2.45, 2.75) is 24.3 Å². The van der Waals surface area contributed by atoms with Crippen LogP contribution < -0.4 is 29.0 Å². The van der Waals surface area contributed by atoms with E-state index in [9.17, 15) is 13.2 Å². The van der Waals surface area contributed by atoms with Gasteiger partial charge in [0.05, 0.1) is 25.2 Å². The van der Waals surface area contributed by atoms with Crippen LogP contribution in [0.15, 0.2) is 71.6 Å². The highest BCUT2D eigenvalue weighted by Gasteiger charge is 2.19. The van der Waals surface area contributed by atoms with Gasteiger partial charge in [0.1, 0.15) is 11.5 Å². The number of carbonyl (C=O) groups is 1. The molecule has 0 bridgehead atoms. The average molecular weight is 499 g/mol. The number of amides is 1. The number of carbonyl (C=O) groups excluding carboxylic acids is 1. The number of rotatable bonds is 8. The van der Waals surface area contributed by atoms with Crippen molar-refractivity contribution in [2.24, 2.45) is 0 Å². The number of methoxy groups -OCH3 is 1. The second-order valence-corrected chi connectivity index (χ2v) is 9.45. The molecule has 3 aromatic carbocycles. The van der Waals surface area contributed by atoms with Gasteiger partial charge in [-0.3, -0.25) is 9.52 Å². The maximum Gasteiger partial charge on any atom is 0.265 e. The van der Waals surface area contributed by atoms with Crippen LogP contribution in [0.2, 0.25) is 0 Å². The Morgan fingerprint density at radius 2 is 1.51 bits per heavy atom. The Hall–Kier alpha value is -3.92. The molecule has 0 aromatic heterocycles. The molecule has 1 heterocycles. The van der Waals surface area contributed by atoms with Gasteiger partial charge in [-0.1, -0.05) is 0 Å². The molecular formula is C25H26N2O7S. The van der Waals surface area contributed by atoms with Gasteiger partial charge < -0.3 is 24.3 Å². The third-order valence-corrected chi connectivity index (χ3v) is 6.55. The predicted octanol–water partition coefficient (Wildman–Crippen LogP) is 4.06. The number of nitrogens with one attached hydrogen (secondary N) is 2. The van der Waals surface area contributed by atoms with Gasteiger partial charge in [-0.15, -0.1) is 0 Å². The van der Waals surface area contributed by atoms with Crippen molar-refractivity contribution in [3.05, 3.63) is 66.7 Å². The molecule has 0 spiro atoms.